The molecule has 0 saturated heterocycles. The predicted octanol–water partition coefficient (Wildman–Crippen LogP) is 3.35. The van der Waals surface area contributed by atoms with Crippen LogP contribution in [-0.2, 0) is 6.54 Å². The molecule has 28 heavy (non-hydrogen) atoms. The maximum Gasteiger partial charge on any atom is 0.206 e. The topological polar surface area (TPSA) is 95.7 Å². The fraction of sp³-hybridized carbons (Fsp3) is 0.200. The Morgan fingerprint density at radius 2 is 1.93 bits per heavy atom. The highest BCUT2D eigenvalue weighted by atomic mass is 32.1. The van der Waals surface area contributed by atoms with Crippen LogP contribution in [0.3, 0.4) is 0 Å². The van der Waals surface area contributed by atoms with Crippen LogP contribution in [0.1, 0.15) is 20.8 Å². The molecule has 0 unspecified atom stereocenters. The number of rotatable bonds is 6. The van der Waals surface area contributed by atoms with Gasteiger partial charge in [-0.2, -0.15) is 0 Å². The highest BCUT2D eigenvalue weighted by Crippen LogP contribution is 2.33. The van der Waals surface area contributed by atoms with Gasteiger partial charge in [-0.15, -0.1) is 0 Å². The molecular weight excluding hydrogens is 378 g/mol. The highest BCUT2D eigenvalue weighted by Gasteiger charge is 2.21. The third-order valence-corrected chi connectivity index (χ3v) is 5.29. The third kappa shape index (κ3) is 3.72. The Morgan fingerprint density at radius 3 is 2.68 bits per heavy atom. The van der Waals surface area contributed by atoms with Gasteiger partial charge in [-0.05, 0) is 35.9 Å². The molecule has 144 valence electrons. The molecule has 1 aromatic heterocycles. The highest BCUT2D eigenvalue weighted by molar-refractivity contribution is 7.18. The summed E-state index contributed by atoms with van der Waals surface area (Å²) in [6, 6.07) is 12.8. The SMILES string of the molecule is COc1ccc(CNc2nc(N)c(C(=O)c3ccc4c(c3)OCCO4)s2)cc1. The van der Waals surface area contributed by atoms with E-state index in [0.717, 1.165) is 11.3 Å². The van der Waals surface area contributed by atoms with Gasteiger partial charge in [-0.1, -0.05) is 23.5 Å². The molecule has 3 aromatic rings. The van der Waals surface area contributed by atoms with Crippen LogP contribution >= 0.6 is 11.3 Å². The lowest BCUT2D eigenvalue weighted by Gasteiger charge is -2.18. The fourth-order valence-electron chi connectivity index (χ4n) is 2.81. The number of aromatic nitrogens is 1. The van der Waals surface area contributed by atoms with E-state index in [0.29, 0.717) is 46.8 Å². The van der Waals surface area contributed by atoms with E-state index < -0.39 is 0 Å². The molecule has 2 aromatic carbocycles. The Kier molecular flexibility index (Phi) is 5.03. The molecule has 0 fully saturated rings. The number of anilines is 2. The van der Waals surface area contributed by atoms with E-state index in [-0.39, 0.29) is 11.6 Å². The lowest BCUT2D eigenvalue weighted by Crippen LogP contribution is -2.15. The maximum absolute atomic E-state index is 12.9. The molecule has 4 rings (SSSR count). The van der Waals surface area contributed by atoms with Gasteiger partial charge in [0.1, 0.15) is 29.7 Å². The lowest BCUT2D eigenvalue weighted by molar-refractivity contribution is 0.104. The number of ether oxygens (including phenoxy) is 3. The zero-order chi connectivity index (χ0) is 19.5. The normalized spacial score (nSPS) is 12.5. The Labute approximate surface area is 166 Å². The summed E-state index contributed by atoms with van der Waals surface area (Å²) in [5.74, 6) is 2.03. The van der Waals surface area contributed by atoms with Crippen LogP contribution in [0.15, 0.2) is 42.5 Å². The molecule has 0 radical (unpaired) electrons. The molecule has 0 aliphatic carbocycles. The molecule has 8 heteroatoms. The average molecular weight is 397 g/mol. The van der Waals surface area contributed by atoms with Gasteiger partial charge in [0.25, 0.3) is 0 Å². The fourth-order valence-corrected chi connectivity index (χ4v) is 3.65. The van der Waals surface area contributed by atoms with Crippen LogP contribution < -0.4 is 25.3 Å². The first-order valence-electron chi connectivity index (χ1n) is 8.71. The van der Waals surface area contributed by atoms with Crippen molar-refractivity contribution in [2.45, 2.75) is 6.54 Å². The van der Waals surface area contributed by atoms with E-state index in [4.69, 9.17) is 19.9 Å². The first kappa shape index (κ1) is 18.1. The largest absolute Gasteiger partial charge is 0.497 e. The number of hydrogen-bond acceptors (Lipinski definition) is 8. The van der Waals surface area contributed by atoms with Gasteiger partial charge in [0.05, 0.1) is 7.11 Å². The van der Waals surface area contributed by atoms with Crippen molar-refractivity contribution in [3.8, 4) is 17.2 Å². The number of hydrogen-bond donors (Lipinski definition) is 2. The molecule has 7 nitrogen and oxygen atoms in total. The van der Waals surface area contributed by atoms with Crippen molar-refractivity contribution < 1.29 is 19.0 Å². The first-order valence-corrected chi connectivity index (χ1v) is 9.53. The molecule has 1 aliphatic rings. The number of ketones is 1. The van der Waals surface area contributed by atoms with E-state index >= 15 is 0 Å². The summed E-state index contributed by atoms with van der Waals surface area (Å²) in [6.07, 6.45) is 0. The number of nitrogens with zero attached hydrogens (tertiary/aromatic N) is 1. The van der Waals surface area contributed by atoms with Crippen LogP contribution in [0.25, 0.3) is 0 Å². The van der Waals surface area contributed by atoms with Gasteiger partial charge in [-0.3, -0.25) is 4.79 Å². The van der Waals surface area contributed by atoms with Gasteiger partial charge in [0, 0.05) is 12.1 Å². The van der Waals surface area contributed by atoms with Gasteiger partial charge < -0.3 is 25.3 Å². The molecule has 0 spiro atoms. The van der Waals surface area contributed by atoms with Crippen LogP contribution in [0.2, 0.25) is 0 Å². The molecule has 0 bridgehead atoms. The molecule has 3 N–H and O–H groups in total. The minimum Gasteiger partial charge on any atom is -0.497 e. The van der Waals surface area contributed by atoms with Crippen LogP contribution in [0, 0.1) is 0 Å². The molecule has 1 aliphatic heterocycles. The van der Waals surface area contributed by atoms with E-state index in [9.17, 15) is 4.79 Å². The molecule has 2 heterocycles. The van der Waals surface area contributed by atoms with Crippen molar-refractivity contribution in [1.82, 2.24) is 4.98 Å². The average Bonchev–Trinajstić information content (AvgIpc) is 3.12. The minimum absolute atomic E-state index is 0.190. The summed E-state index contributed by atoms with van der Waals surface area (Å²) < 4.78 is 16.2. The van der Waals surface area contributed by atoms with Gasteiger partial charge in [0.2, 0.25) is 5.78 Å². The van der Waals surface area contributed by atoms with Crippen LogP contribution in [0.5, 0.6) is 17.2 Å². The Bertz CT molecular complexity index is 1000. The van der Waals surface area contributed by atoms with Crippen molar-refractivity contribution in [2.75, 3.05) is 31.4 Å². The number of carbonyl (C=O) groups is 1. The smallest absolute Gasteiger partial charge is 0.206 e. The molecular formula is C20H19N3O4S. The van der Waals surface area contributed by atoms with Gasteiger partial charge in [-0.25, -0.2) is 4.98 Å². The standard InChI is InChI=1S/C20H19N3O4S/c1-25-14-5-2-12(3-6-14)11-22-20-23-19(21)18(28-20)17(24)13-4-7-15-16(10-13)27-9-8-26-15/h2-7,10H,8-9,11,21H2,1H3,(H,22,23). The number of fused-ring (bicyclic) bond motifs is 1. The predicted molar refractivity (Wildman–Crippen MR) is 108 cm³/mol. The number of nitrogens with two attached hydrogens (primary N) is 1. The van der Waals surface area contributed by atoms with E-state index in [1.807, 2.05) is 24.3 Å². The first-order chi connectivity index (χ1) is 13.6. The molecule has 0 amide bonds. The number of nitrogen functional groups attached to an aromatic ring is 1. The monoisotopic (exact) mass is 397 g/mol. The Morgan fingerprint density at radius 1 is 1.18 bits per heavy atom. The second-order valence-corrected chi connectivity index (χ2v) is 7.12. The second kappa shape index (κ2) is 7.77. The quantitative estimate of drug-likeness (QED) is 0.616. The third-order valence-electron chi connectivity index (χ3n) is 4.27. The molecule has 0 saturated carbocycles. The second-order valence-electron chi connectivity index (χ2n) is 6.12. The van der Waals surface area contributed by atoms with Crippen molar-refractivity contribution >= 4 is 28.1 Å². The van der Waals surface area contributed by atoms with E-state index in [2.05, 4.69) is 10.3 Å². The summed E-state index contributed by atoms with van der Waals surface area (Å²) in [4.78, 5) is 17.5. The summed E-state index contributed by atoms with van der Waals surface area (Å²) in [5.41, 5.74) is 7.54. The summed E-state index contributed by atoms with van der Waals surface area (Å²) in [6.45, 7) is 1.53. The Hall–Kier alpha value is -3.26. The van der Waals surface area contributed by atoms with Crippen molar-refractivity contribution in [1.29, 1.82) is 0 Å². The minimum atomic E-state index is -0.190. The molecule has 0 atom stereocenters. The zero-order valence-corrected chi connectivity index (χ0v) is 16.0. The van der Waals surface area contributed by atoms with Crippen molar-refractivity contribution in [2.24, 2.45) is 0 Å². The van der Waals surface area contributed by atoms with Gasteiger partial charge in [0.15, 0.2) is 16.6 Å². The Balaban J connectivity index is 1.48. The number of methoxy groups -OCH3 is 1. The van der Waals surface area contributed by atoms with E-state index in [1.165, 1.54) is 11.3 Å². The van der Waals surface area contributed by atoms with Crippen molar-refractivity contribution in [3.05, 3.63) is 58.5 Å². The van der Waals surface area contributed by atoms with E-state index in [1.54, 1.807) is 25.3 Å². The van der Waals surface area contributed by atoms with Crippen LogP contribution in [-0.4, -0.2) is 31.1 Å². The lowest BCUT2D eigenvalue weighted by atomic mass is 10.1. The number of nitrogens with one attached hydrogen (secondary N) is 1. The zero-order valence-electron chi connectivity index (χ0n) is 15.2. The van der Waals surface area contributed by atoms with Crippen LogP contribution in [0.4, 0.5) is 10.9 Å². The van der Waals surface area contributed by atoms with Gasteiger partial charge >= 0.3 is 0 Å². The number of thiazole rings is 1. The maximum atomic E-state index is 12.9. The summed E-state index contributed by atoms with van der Waals surface area (Å²) in [7, 11) is 1.63. The number of carbonyl (C=O) groups excluding carboxylic acids is 1. The summed E-state index contributed by atoms with van der Waals surface area (Å²) >= 11 is 1.23. The number of benzene rings is 2. The van der Waals surface area contributed by atoms with Crippen molar-refractivity contribution in [3.63, 3.8) is 0 Å². The summed E-state index contributed by atoms with van der Waals surface area (Å²) in [5, 5.41) is 3.80.